The zero-order valence-corrected chi connectivity index (χ0v) is 12.7. The molecule has 1 aliphatic rings. The van der Waals surface area contributed by atoms with Crippen LogP contribution in [0.15, 0.2) is 42.6 Å². The second kappa shape index (κ2) is 6.70. The summed E-state index contributed by atoms with van der Waals surface area (Å²) >= 11 is 0. The van der Waals surface area contributed by atoms with Crippen molar-refractivity contribution in [2.45, 2.75) is 51.8 Å². The summed E-state index contributed by atoms with van der Waals surface area (Å²) in [7, 11) is 0. The molecule has 2 aromatic rings. The minimum atomic E-state index is 0.427. The quantitative estimate of drug-likeness (QED) is 0.848. The first kappa shape index (κ1) is 14.1. The minimum Gasteiger partial charge on any atom is -0.490 e. The highest BCUT2D eigenvalue weighted by atomic mass is 16.5. The van der Waals surface area contributed by atoms with Crippen molar-refractivity contribution in [1.82, 2.24) is 4.57 Å². The predicted molar refractivity (Wildman–Crippen MR) is 86.8 cm³/mol. The fourth-order valence-electron chi connectivity index (χ4n) is 2.96. The highest BCUT2D eigenvalue weighted by Gasteiger charge is 2.16. The summed E-state index contributed by atoms with van der Waals surface area (Å²) < 4.78 is 8.24. The van der Waals surface area contributed by atoms with Gasteiger partial charge in [-0.05, 0) is 69.0 Å². The average Bonchev–Trinajstić information content (AvgIpc) is 3.17. The van der Waals surface area contributed by atoms with E-state index >= 15 is 0 Å². The lowest BCUT2D eigenvalue weighted by atomic mass is 10.2. The van der Waals surface area contributed by atoms with Gasteiger partial charge in [0.1, 0.15) is 5.75 Å². The molecule has 0 amide bonds. The summed E-state index contributed by atoms with van der Waals surface area (Å²) in [6.45, 7) is 4.03. The normalized spacial score (nSPS) is 15.3. The molecule has 0 saturated heterocycles. The van der Waals surface area contributed by atoms with Crippen LogP contribution in [0, 0.1) is 0 Å². The Hall–Kier alpha value is -1.90. The standard InChI is InChI=1S/C18H24N2O/c1-2-20-13-5-6-16(20)14-19-15-9-11-18(12-10-15)21-17-7-3-4-8-17/h5-6,9-13,17,19H,2-4,7-8,14H2,1H3. The summed E-state index contributed by atoms with van der Waals surface area (Å²) in [5.41, 5.74) is 2.45. The molecule has 0 radical (unpaired) electrons. The third-order valence-electron chi connectivity index (χ3n) is 4.20. The number of nitrogens with zero attached hydrogens (tertiary/aromatic N) is 1. The summed E-state index contributed by atoms with van der Waals surface area (Å²) in [4.78, 5) is 0. The number of nitrogens with one attached hydrogen (secondary N) is 1. The van der Waals surface area contributed by atoms with Gasteiger partial charge in [-0.2, -0.15) is 0 Å². The van der Waals surface area contributed by atoms with Gasteiger partial charge in [0.05, 0.1) is 12.6 Å². The highest BCUT2D eigenvalue weighted by molar-refractivity contribution is 5.46. The molecule has 0 atom stereocenters. The van der Waals surface area contributed by atoms with Gasteiger partial charge in [-0.3, -0.25) is 0 Å². The predicted octanol–water partition coefficient (Wildman–Crippen LogP) is 4.44. The van der Waals surface area contributed by atoms with Crippen LogP contribution in [-0.4, -0.2) is 10.7 Å². The third-order valence-corrected chi connectivity index (χ3v) is 4.20. The van der Waals surface area contributed by atoms with Crippen molar-refractivity contribution in [1.29, 1.82) is 0 Å². The Bertz CT molecular complexity index is 553. The zero-order chi connectivity index (χ0) is 14.5. The van der Waals surface area contributed by atoms with E-state index in [1.165, 1.54) is 31.4 Å². The van der Waals surface area contributed by atoms with Crippen LogP contribution in [0.2, 0.25) is 0 Å². The van der Waals surface area contributed by atoms with E-state index in [4.69, 9.17) is 4.74 Å². The summed E-state index contributed by atoms with van der Waals surface area (Å²) in [5, 5.41) is 3.47. The zero-order valence-electron chi connectivity index (χ0n) is 12.7. The summed E-state index contributed by atoms with van der Waals surface area (Å²) in [6, 6.07) is 12.6. The lowest BCUT2D eigenvalue weighted by Gasteiger charge is -2.14. The maximum atomic E-state index is 5.99. The van der Waals surface area contributed by atoms with Crippen LogP contribution in [0.5, 0.6) is 5.75 Å². The Balaban J connectivity index is 1.54. The van der Waals surface area contributed by atoms with E-state index in [-0.39, 0.29) is 0 Å². The van der Waals surface area contributed by atoms with E-state index in [0.717, 1.165) is 24.5 Å². The van der Waals surface area contributed by atoms with Crippen LogP contribution in [-0.2, 0) is 13.1 Å². The molecule has 1 aromatic heterocycles. The number of rotatable bonds is 6. The van der Waals surface area contributed by atoms with Crippen LogP contribution in [0.1, 0.15) is 38.3 Å². The van der Waals surface area contributed by atoms with Crippen molar-refractivity contribution in [3.05, 3.63) is 48.3 Å². The molecule has 0 spiro atoms. The molecule has 1 N–H and O–H groups in total. The van der Waals surface area contributed by atoms with Crippen molar-refractivity contribution in [3.8, 4) is 5.75 Å². The first-order chi connectivity index (χ1) is 10.3. The maximum absolute atomic E-state index is 5.99. The van der Waals surface area contributed by atoms with Crippen LogP contribution >= 0.6 is 0 Å². The maximum Gasteiger partial charge on any atom is 0.119 e. The molecule has 0 bridgehead atoms. The van der Waals surface area contributed by atoms with Crippen molar-refractivity contribution in [2.75, 3.05) is 5.32 Å². The molecular weight excluding hydrogens is 260 g/mol. The SMILES string of the molecule is CCn1cccc1CNc1ccc(OC2CCCC2)cc1. The second-order valence-electron chi connectivity index (χ2n) is 5.69. The van der Waals surface area contributed by atoms with Crippen molar-refractivity contribution < 1.29 is 4.74 Å². The van der Waals surface area contributed by atoms with Gasteiger partial charge in [0.15, 0.2) is 0 Å². The topological polar surface area (TPSA) is 26.2 Å². The molecular formula is C18H24N2O. The van der Waals surface area contributed by atoms with Crippen molar-refractivity contribution in [2.24, 2.45) is 0 Å². The number of hydrogen-bond donors (Lipinski definition) is 1. The molecule has 1 saturated carbocycles. The molecule has 1 fully saturated rings. The van der Waals surface area contributed by atoms with Gasteiger partial charge in [-0.15, -0.1) is 0 Å². The first-order valence-corrected chi connectivity index (χ1v) is 8.00. The lowest BCUT2D eigenvalue weighted by molar-refractivity contribution is 0.210. The molecule has 3 nitrogen and oxygen atoms in total. The van der Waals surface area contributed by atoms with Gasteiger partial charge in [0, 0.05) is 24.1 Å². The molecule has 1 aliphatic carbocycles. The van der Waals surface area contributed by atoms with Crippen LogP contribution in [0.4, 0.5) is 5.69 Å². The number of anilines is 1. The number of aromatic nitrogens is 1. The van der Waals surface area contributed by atoms with E-state index in [0.29, 0.717) is 6.10 Å². The molecule has 112 valence electrons. The Kier molecular flexibility index (Phi) is 4.49. The van der Waals surface area contributed by atoms with E-state index < -0.39 is 0 Å². The second-order valence-corrected chi connectivity index (χ2v) is 5.69. The van der Waals surface area contributed by atoms with Gasteiger partial charge in [0.2, 0.25) is 0 Å². The Morgan fingerprint density at radius 2 is 1.90 bits per heavy atom. The molecule has 3 rings (SSSR count). The van der Waals surface area contributed by atoms with Crippen LogP contribution in [0.3, 0.4) is 0 Å². The first-order valence-electron chi connectivity index (χ1n) is 8.00. The fourth-order valence-corrected chi connectivity index (χ4v) is 2.96. The number of ether oxygens (including phenoxy) is 1. The van der Waals surface area contributed by atoms with Crippen LogP contribution in [0.25, 0.3) is 0 Å². The largest absolute Gasteiger partial charge is 0.490 e. The highest BCUT2D eigenvalue weighted by Crippen LogP contribution is 2.25. The molecule has 0 aliphatic heterocycles. The number of hydrogen-bond acceptors (Lipinski definition) is 2. The Morgan fingerprint density at radius 3 is 2.62 bits per heavy atom. The fraction of sp³-hybridized carbons (Fsp3) is 0.444. The molecule has 3 heteroatoms. The van der Waals surface area contributed by atoms with Crippen molar-refractivity contribution >= 4 is 5.69 Å². The van der Waals surface area contributed by atoms with Gasteiger partial charge >= 0.3 is 0 Å². The Labute approximate surface area is 126 Å². The lowest BCUT2D eigenvalue weighted by Crippen LogP contribution is -2.10. The molecule has 1 aromatic carbocycles. The van der Waals surface area contributed by atoms with Gasteiger partial charge in [-0.1, -0.05) is 0 Å². The molecule has 0 unspecified atom stereocenters. The Morgan fingerprint density at radius 1 is 1.14 bits per heavy atom. The average molecular weight is 284 g/mol. The third kappa shape index (κ3) is 3.60. The summed E-state index contributed by atoms with van der Waals surface area (Å²) in [6.07, 6.45) is 7.57. The smallest absolute Gasteiger partial charge is 0.119 e. The number of aryl methyl sites for hydroxylation is 1. The monoisotopic (exact) mass is 284 g/mol. The van der Waals surface area contributed by atoms with E-state index in [2.05, 4.69) is 59.4 Å². The van der Waals surface area contributed by atoms with Gasteiger partial charge < -0.3 is 14.6 Å². The van der Waals surface area contributed by atoms with E-state index in [9.17, 15) is 0 Å². The van der Waals surface area contributed by atoms with E-state index in [1.54, 1.807) is 0 Å². The molecule has 21 heavy (non-hydrogen) atoms. The van der Waals surface area contributed by atoms with Crippen molar-refractivity contribution in [3.63, 3.8) is 0 Å². The van der Waals surface area contributed by atoms with Gasteiger partial charge in [-0.25, -0.2) is 0 Å². The van der Waals surface area contributed by atoms with Crippen LogP contribution < -0.4 is 10.1 Å². The minimum absolute atomic E-state index is 0.427. The number of benzene rings is 1. The summed E-state index contributed by atoms with van der Waals surface area (Å²) in [5.74, 6) is 0.990. The van der Waals surface area contributed by atoms with Gasteiger partial charge in [0.25, 0.3) is 0 Å². The van der Waals surface area contributed by atoms with E-state index in [1.807, 2.05) is 0 Å². The molecule has 1 heterocycles.